The monoisotopic (exact) mass is 604 g/mol. The smallest absolute Gasteiger partial charge is 0.264 e. The zero-order chi connectivity index (χ0) is 30.3. The van der Waals surface area contributed by atoms with Gasteiger partial charge in [-0.1, -0.05) is 59.6 Å². The molecule has 0 saturated carbocycles. The third-order valence-corrected chi connectivity index (χ3v) is 8.23. The number of nitrogens with zero attached hydrogens (tertiary/aromatic N) is 2. The van der Waals surface area contributed by atoms with E-state index in [-0.39, 0.29) is 22.2 Å². The highest BCUT2D eigenvalue weighted by Crippen LogP contribution is 2.32. The molecule has 2 N–H and O–H groups in total. The Bertz CT molecular complexity index is 1740. The van der Waals surface area contributed by atoms with Crippen LogP contribution in [-0.4, -0.2) is 39.6 Å². The number of hydrazone groups is 1. The lowest BCUT2D eigenvalue weighted by Gasteiger charge is -2.25. The Morgan fingerprint density at radius 3 is 2.31 bits per heavy atom. The summed E-state index contributed by atoms with van der Waals surface area (Å²) in [6.07, 6.45) is 0. The van der Waals surface area contributed by atoms with Gasteiger partial charge < -0.3 is 10.1 Å². The van der Waals surface area contributed by atoms with Crippen LogP contribution >= 0.6 is 11.6 Å². The Morgan fingerprint density at radius 2 is 1.60 bits per heavy atom. The summed E-state index contributed by atoms with van der Waals surface area (Å²) in [5.41, 5.74) is 5.54. The SMILES string of the molecule is COc1ccccc1N(CC(=O)N/N=C(/C)c1cccc(NC(=O)c2cccc(Cl)c2)c1)S(=O)(=O)c1ccc(C)cc1. The molecule has 9 nitrogen and oxygen atoms in total. The fourth-order valence-electron chi connectivity index (χ4n) is 4.00. The van der Waals surface area contributed by atoms with Crippen LogP contribution in [0.5, 0.6) is 5.75 Å². The van der Waals surface area contributed by atoms with Crippen molar-refractivity contribution in [2.24, 2.45) is 5.10 Å². The Labute approximate surface area is 249 Å². The minimum atomic E-state index is -4.14. The number of carbonyl (C=O) groups excluding carboxylic acids is 2. The number of amides is 2. The number of nitrogens with one attached hydrogen (secondary N) is 2. The first-order chi connectivity index (χ1) is 20.1. The van der Waals surface area contributed by atoms with Gasteiger partial charge in [-0.05, 0) is 74.0 Å². The fourth-order valence-corrected chi connectivity index (χ4v) is 5.63. The Kier molecular flexibility index (Phi) is 9.61. The number of methoxy groups -OCH3 is 1. The van der Waals surface area contributed by atoms with Crippen molar-refractivity contribution in [1.82, 2.24) is 5.43 Å². The van der Waals surface area contributed by atoms with Crippen molar-refractivity contribution in [3.8, 4) is 5.75 Å². The molecule has 0 heterocycles. The van der Waals surface area contributed by atoms with Gasteiger partial charge in [-0.15, -0.1) is 0 Å². The van der Waals surface area contributed by atoms with Crippen LogP contribution in [0.15, 0.2) is 107 Å². The zero-order valence-electron chi connectivity index (χ0n) is 23.2. The number of anilines is 2. The average molecular weight is 605 g/mol. The quantitative estimate of drug-likeness (QED) is 0.179. The second kappa shape index (κ2) is 13.3. The molecule has 2 amide bonds. The van der Waals surface area contributed by atoms with Crippen LogP contribution in [0.3, 0.4) is 0 Å². The molecule has 0 fully saturated rings. The van der Waals surface area contributed by atoms with Crippen LogP contribution in [-0.2, 0) is 14.8 Å². The van der Waals surface area contributed by atoms with Crippen LogP contribution in [0.2, 0.25) is 5.02 Å². The van der Waals surface area contributed by atoms with Crippen molar-refractivity contribution in [2.75, 3.05) is 23.3 Å². The van der Waals surface area contributed by atoms with E-state index in [1.165, 1.54) is 19.2 Å². The van der Waals surface area contributed by atoms with Gasteiger partial charge in [0.2, 0.25) is 0 Å². The van der Waals surface area contributed by atoms with Gasteiger partial charge in [-0.25, -0.2) is 13.8 Å². The average Bonchev–Trinajstić information content (AvgIpc) is 2.99. The summed E-state index contributed by atoms with van der Waals surface area (Å²) in [5.74, 6) is -0.706. The van der Waals surface area contributed by atoms with Crippen LogP contribution in [0.4, 0.5) is 11.4 Å². The van der Waals surface area contributed by atoms with E-state index in [2.05, 4.69) is 15.8 Å². The van der Waals surface area contributed by atoms with Gasteiger partial charge >= 0.3 is 0 Å². The standard InChI is InChI=1S/C31H29ClN4O5S/c1-21-14-16-27(17-15-21)42(39,40)36(28-12-4-5-13-29(28)41-3)20-30(37)35-34-22(2)23-8-7-11-26(19-23)33-31(38)24-9-6-10-25(32)18-24/h4-19H,20H2,1-3H3,(H,33,38)(H,35,37)/b34-22-. The van der Waals surface area contributed by atoms with Gasteiger partial charge in [0.15, 0.2) is 0 Å². The van der Waals surface area contributed by atoms with Crippen molar-refractivity contribution in [3.63, 3.8) is 0 Å². The van der Waals surface area contributed by atoms with Crippen molar-refractivity contribution < 1.29 is 22.7 Å². The molecule has 0 unspecified atom stereocenters. The number of benzene rings is 4. The van der Waals surface area contributed by atoms with Crippen molar-refractivity contribution in [2.45, 2.75) is 18.7 Å². The highest BCUT2D eigenvalue weighted by Gasteiger charge is 2.29. The number of aryl methyl sites for hydroxylation is 1. The van der Waals surface area contributed by atoms with E-state index in [4.69, 9.17) is 16.3 Å². The summed E-state index contributed by atoms with van der Waals surface area (Å²) in [6, 6.07) is 26.4. The molecule has 4 aromatic carbocycles. The van der Waals surface area contributed by atoms with Crippen LogP contribution in [0.1, 0.15) is 28.4 Å². The Balaban J connectivity index is 1.53. The van der Waals surface area contributed by atoms with Crippen molar-refractivity contribution in [1.29, 1.82) is 0 Å². The number of rotatable bonds is 10. The maximum atomic E-state index is 13.7. The van der Waals surface area contributed by atoms with Crippen molar-refractivity contribution in [3.05, 3.63) is 119 Å². The molecule has 0 aliphatic carbocycles. The predicted molar refractivity (Wildman–Crippen MR) is 165 cm³/mol. The largest absolute Gasteiger partial charge is 0.495 e. The van der Waals surface area contributed by atoms with E-state index in [0.717, 1.165) is 9.87 Å². The molecule has 0 aromatic heterocycles. The number of hydrogen-bond acceptors (Lipinski definition) is 6. The molecular formula is C31H29ClN4O5S. The summed E-state index contributed by atoms with van der Waals surface area (Å²) in [5, 5.41) is 7.44. The highest BCUT2D eigenvalue weighted by atomic mass is 35.5. The van der Waals surface area contributed by atoms with E-state index in [1.807, 2.05) is 6.92 Å². The maximum absolute atomic E-state index is 13.7. The summed E-state index contributed by atoms with van der Waals surface area (Å²) in [7, 11) is -2.71. The maximum Gasteiger partial charge on any atom is 0.264 e. The summed E-state index contributed by atoms with van der Waals surface area (Å²) in [4.78, 5) is 25.7. The molecule has 0 atom stereocenters. The summed E-state index contributed by atoms with van der Waals surface area (Å²) < 4.78 is 33.7. The first-order valence-electron chi connectivity index (χ1n) is 12.8. The molecule has 0 radical (unpaired) electrons. The van der Waals surface area contributed by atoms with Gasteiger partial charge in [-0.2, -0.15) is 5.10 Å². The molecule has 0 bridgehead atoms. The van der Waals surface area contributed by atoms with E-state index < -0.39 is 22.5 Å². The highest BCUT2D eigenvalue weighted by molar-refractivity contribution is 7.92. The lowest BCUT2D eigenvalue weighted by Crippen LogP contribution is -2.40. The molecular weight excluding hydrogens is 576 g/mol. The molecule has 42 heavy (non-hydrogen) atoms. The van der Waals surface area contributed by atoms with Crippen LogP contribution < -0.4 is 19.8 Å². The number of carbonyl (C=O) groups is 2. The molecule has 0 aliphatic heterocycles. The lowest BCUT2D eigenvalue weighted by atomic mass is 10.1. The molecule has 0 saturated heterocycles. The molecule has 216 valence electrons. The zero-order valence-corrected chi connectivity index (χ0v) is 24.7. The topological polar surface area (TPSA) is 117 Å². The van der Waals surface area contributed by atoms with Crippen LogP contribution in [0, 0.1) is 6.92 Å². The fraction of sp³-hybridized carbons (Fsp3) is 0.129. The number of hydrogen-bond donors (Lipinski definition) is 2. The first kappa shape index (κ1) is 30.3. The molecule has 0 spiro atoms. The van der Waals surface area contributed by atoms with E-state index in [1.54, 1.807) is 91.9 Å². The molecule has 0 aliphatic rings. The predicted octanol–water partition coefficient (Wildman–Crippen LogP) is 5.65. The number of para-hydroxylation sites is 2. The van der Waals surface area contributed by atoms with Gasteiger partial charge in [0.05, 0.1) is 23.4 Å². The van der Waals surface area contributed by atoms with Gasteiger partial charge in [0.25, 0.3) is 21.8 Å². The summed E-state index contributed by atoms with van der Waals surface area (Å²) in [6.45, 7) is 2.98. The number of sulfonamides is 1. The lowest BCUT2D eigenvalue weighted by molar-refractivity contribution is -0.119. The Hall–Kier alpha value is -4.67. The van der Waals surface area contributed by atoms with Crippen molar-refractivity contribution >= 4 is 50.5 Å². The van der Waals surface area contributed by atoms with Gasteiger partial charge in [-0.3, -0.25) is 13.9 Å². The third-order valence-electron chi connectivity index (χ3n) is 6.22. The molecule has 4 aromatic rings. The minimum absolute atomic E-state index is 0.0307. The van der Waals surface area contributed by atoms with E-state index in [0.29, 0.717) is 27.5 Å². The first-order valence-corrected chi connectivity index (χ1v) is 14.6. The van der Waals surface area contributed by atoms with Gasteiger partial charge in [0, 0.05) is 16.3 Å². The van der Waals surface area contributed by atoms with Gasteiger partial charge in [0.1, 0.15) is 12.3 Å². The van der Waals surface area contributed by atoms with E-state index in [9.17, 15) is 18.0 Å². The summed E-state index contributed by atoms with van der Waals surface area (Å²) >= 11 is 5.99. The minimum Gasteiger partial charge on any atom is -0.495 e. The second-order valence-corrected chi connectivity index (χ2v) is 11.6. The Morgan fingerprint density at radius 1 is 0.905 bits per heavy atom. The second-order valence-electron chi connectivity index (χ2n) is 9.27. The molecule has 4 rings (SSSR count). The molecule has 11 heteroatoms. The number of halogens is 1. The van der Waals surface area contributed by atoms with Crippen LogP contribution in [0.25, 0.3) is 0 Å². The van der Waals surface area contributed by atoms with E-state index >= 15 is 0 Å². The normalized spacial score (nSPS) is 11.5. The third kappa shape index (κ3) is 7.34. The number of ether oxygens (including phenoxy) is 1.